The Balaban J connectivity index is 0. The number of ether oxygens (including phenoxy) is 4. The molecule has 0 atom stereocenters. The van der Waals surface area contributed by atoms with Gasteiger partial charge < -0.3 is 29.2 Å². The van der Waals surface area contributed by atoms with Crippen LogP contribution in [0.4, 0.5) is 0 Å². The molecule has 0 unspecified atom stereocenters. The number of carboxylic acid groups (broad SMARTS) is 2. The Morgan fingerprint density at radius 1 is 0.633 bits per heavy atom. The van der Waals surface area contributed by atoms with E-state index in [1.807, 2.05) is 36.4 Å². The Morgan fingerprint density at radius 2 is 0.800 bits per heavy atom. The summed E-state index contributed by atoms with van der Waals surface area (Å²) >= 11 is 4.38. The van der Waals surface area contributed by atoms with Gasteiger partial charge >= 0.3 is 0 Å². The number of methoxy groups -OCH3 is 4. The van der Waals surface area contributed by atoms with Gasteiger partial charge in [-0.1, -0.05) is 12.1 Å². The van der Waals surface area contributed by atoms with E-state index in [1.54, 1.807) is 28.4 Å². The molecule has 0 radical (unpaired) electrons. The van der Waals surface area contributed by atoms with Crippen molar-refractivity contribution in [2.45, 2.75) is 13.8 Å². The summed E-state index contributed by atoms with van der Waals surface area (Å²) in [5.74, 6) is 1.74. The van der Waals surface area contributed by atoms with Gasteiger partial charge in [0.25, 0.3) is 11.9 Å². The van der Waals surface area contributed by atoms with Crippen molar-refractivity contribution in [1.29, 1.82) is 0 Å². The number of carboxylic acids is 2. The minimum atomic E-state index is -0.833. The van der Waals surface area contributed by atoms with Gasteiger partial charge in [-0.25, -0.2) is 0 Å². The number of carbonyl (C=O) groups is 2. The SMILES string of the molecule is CC(=O)O.CC(=O)O.COc1cccc(OC)c1I.COc1cccc(OC)c1I. The molecule has 0 aromatic heterocycles. The van der Waals surface area contributed by atoms with Crippen molar-refractivity contribution >= 4 is 57.1 Å². The predicted molar refractivity (Wildman–Crippen MR) is 131 cm³/mol. The Labute approximate surface area is 203 Å². The molecule has 0 saturated carbocycles. The largest absolute Gasteiger partial charge is 0.496 e. The Kier molecular flexibility index (Phi) is 18.0. The summed E-state index contributed by atoms with van der Waals surface area (Å²) in [4.78, 5) is 18.0. The second-order valence-corrected chi connectivity index (χ2v) is 7.15. The summed E-state index contributed by atoms with van der Waals surface area (Å²) in [6.45, 7) is 2.17. The monoisotopic (exact) mass is 648 g/mol. The Bertz CT molecular complexity index is 663. The van der Waals surface area contributed by atoms with Crippen LogP contribution >= 0.6 is 45.2 Å². The minimum absolute atomic E-state index is 0.833. The summed E-state index contributed by atoms with van der Waals surface area (Å²) in [7, 11) is 6.60. The maximum atomic E-state index is 9.00. The van der Waals surface area contributed by atoms with Crippen LogP contribution < -0.4 is 18.9 Å². The average molecular weight is 648 g/mol. The van der Waals surface area contributed by atoms with Gasteiger partial charge in [-0.3, -0.25) is 9.59 Å². The third-order valence-corrected chi connectivity index (χ3v) is 4.86. The highest BCUT2D eigenvalue weighted by molar-refractivity contribution is 14.1. The first-order valence-corrected chi connectivity index (χ1v) is 10.3. The predicted octanol–water partition coefficient (Wildman–Crippen LogP) is 4.80. The second kappa shape index (κ2) is 17.9. The van der Waals surface area contributed by atoms with Crippen LogP contribution in [-0.2, 0) is 9.59 Å². The molecule has 2 rings (SSSR count). The summed E-state index contributed by atoms with van der Waals surface area (Å²) in [5.41, 5.74) is 0. The van der Waals surface area contributed by atoms with E-state index >= 15 is 0 Å². The third kappa shape index (κ3) is 14.1. The molecular formula is C20H26I2O8. The van der Waals surface area contributed by atoms with Crippen molar-refractivity contribution in [3.63, 3.8) is 0 Å². The van der Waals surface area contributed by atoms with Crippen LogP contribution in [0.25, 0.3) is 0 Å². The molecule has 0 heterocycles. The molecule has 10 heteroatoms. The van der Waals surface area contributed by atoms with Crippen molar-refractivity contribution in [3.8, 4) is 23.0 Å². The molecule has 2 N–H and O–H groups in total. The lowest BCUT2D eigenvalue weighted by molar-refractivity contribution is -0.135. The fourth-order valence-corrected chi connectivity index (χ4v) is 3.21. The van der Waals surface area contributed by atoms with Gasteiger partial charge in [0, 0.05) is 13.8 Å². The molecule has 30 heavy (non-hydrogen) atoms. The number of halogens is 2. The summed E-state index contributed by atoms with van der Waals surface area (Å²) < 4.78 is 22.4. The number of hydrogen-bond acceptors (Lipinski definition) is 6. The van der Waals surface area contributed by atoms with Gasteiger partial charge in [0.05, 0.1) is 35.6 Å². The van der Waals surface area contributed by atoms with Crippen LogP contribution in [0.2, 0.25) is 0 Å². The molecule has 0 amide bonds. The van der Waals surface area contributed by atoms with Gasteiger partial charge in [-0.15, -0.1) is 0 Å². The Morgan fingerprint density at radius 3 is 0.933 bits per heavy atom. The zero-order valence-electron chi connectivity index (χ0n) is 17.6. The lowest BCUT2D eigenvalue weighted by Gasteiger charge is -2.06. The fourth-order valence-electron chi connectivity index (χ4n) is 1.61. The number of aliphatic carboxylic acids is 2. The first kappa shape index (κ1) is 30.2. The lowest BCUT2D eigenvalue weighted by Crippen LogP contribution is -1.90. The fraction of sp³-hybridized carbons (Fsp3) is 0.300. The molecule has 0 aliphatic carbocycles. The van der Waals surface area contributed by atoms with Crippen molar-refractivity contribution < 1.29 is 38.7 Å². The number of rotatable bonds is 4. The molecule has 0 fully saturated rings. The first-order chi connectivity index (χ1) is 14.0. The Hall–Kier alpha value is -1.96. The topological polar surface area (TPSA) is 112 Å². The smallest absolute Gasteiger partial charge is 0.300 e. The van der Waals surface area contributed by atoms with E-state index in [2.05, 4.69) is 45.2 Å². The highest BCUT2D eigenvalue weighted by atomic mass is 127. The zero-order chi connectivity index (χ0) is 23.7. The first-order valence-electron chi connectivity index (χ1n) is 8.17. The summed E-state index contributed by atoms with van der Waals surface area (Å²) in [5, 5.41) is 14.8. The normalized spacial score (nSPS) is 8.53. The molecule has 0 aliphatic rings. The molecule has 168 valence electrons. The zero-order valence-corrected chi connectivity index (χ0v) is 21.9. The van der Waals surface area contributed by atoms with Gasteiger partial charge in [-0.2, -0.15) is 0 Å². The standard InChI is InChI=1S/2C8H9IO2.2C2H4O2/c2*1-10-6-4-3-5-7(11-2)8(6)9;2*1-2(3)4/h2*3-5H,1-2H3;2*1H3,(H,3,4). The van der Waals surface area contributed by atoms with E-state index in [4.69, 9.17) is 38.7 Å². The maximum Gasteiger partial charge on any atom is 0.300 e. The van der Waals surface area contributed by atoms with Crippen LogP contribution in [0.1, 0.15) is 13.8 Å². The average Bonchev–Trinajstić information content (AvgIpc) is 2.68. The number of benzene rings is 2. The van der Waals surface area contributed by atoms with Crippen molar-refractivity contribution in [2.24, 2.45) is 0 Å². The van der Waals surface area contributed by atoms with Crippen LogP contribution in [0.15, 0.2) is 36.4 Å². The third-order valence-electron chi connectivity index (χ3n) is 2.74. The molecule has 2 aromatic rings. The quantitative estimate of drug-likeness (QED) is 0.456. The molecule has 0 aliphatic heterocycles. The highest BCUT2D eigenvalue weighted by Crippen LogP contribution is 2.29. The van der Waals surface area contributed by atoms with E-state index in [-0.39, 0.29) is 0 Å². The van der Waals surface area contributed by atoms with Crippen LogP contribution in [-0.4, -0.2) is 50.6 Å². The van der Waals surface area contributed by atoms with E-state index in [1.165, 1.54) is 0 Å². The molecule has 0 saturated heterocycles. The van der Waals surface area contributed by atoms with Crippen molar-refractivity contribution in [1.82, 2.24) is 0 Å². The molecular weight excluding hydrogens is 622 g/mol. The van der Waals surface area contributed by atoms with Crippen molar-refractivity contribution in [3.05, 3.63) is 43.5 Å². The second-order valence-electron chi connectivity index (χ2n) is 4.99. The van der Waals surface area contributed by atoms with Crippen LogP contribution in [0, 0.1) is 7.14 Å². The van der Waals surface area contributed by atoms with Crippen LogP contribution in [0.3, 0.4) is 0 Å². The highest BCUT2D eigenvalue weighted by Gasteiger charge is 2.04. The van der Waals surface area contributed by atoms with Gasteiger partial charge in [-0.05, 0) is 69.4 Å². The van der Waals surface area contributed by atoms with Crippen LogP contribution in [0.5, 0.6) is 23.0 Å². The molecule has 8 nitrogen and oxygen atoms in total. The van der Waals surface area contributed by atoms with Crippen molar-refractivity contribution in [2.75, 3.05) is 28.4 Å². The molecule has 0 spiro atoms. The van der Waals surface area contributed by atoms with E-state index in [9.17, 15) is 0 Å². The lowest BCUT2D eigenvalue weighted by atomic mass is 10.3. The van der Waals surface area contributed by atoms with E-state index in [0.29, 0.717) is 0 Å². The van der Waals surface area contributed by atoms with E-state index < -0.39 is 11.9 Å². The number of hydrogen-bond donors (Lipinski definition) is 2. The maximum absolute atomic E-state index is 9.00. The molecule has 2 aromatic carbocycles. The minimum Gasteiger partial charge on any atom is -0.496 e. The summed E-state index contributed by atoms with van der Waals surface area (Å²) in [6.07, 6.45) is 0. The summed E-state index contributed by atoms with van der Waals surface area (Å²) in [6, 6.07) is 11.4. The van der Waals surface area contributed by atoms with Gasteiger partial charge in [0.1, 0.15) is 23.0 Å². The van der Waals surface area contributed by atoms with Gasteiger partial charge in [0.2, 0.25) is 0 Å². The van der Waals surface area contributed by atoms with E-state index in [0.717, 1.165) is 44.0 Å². The molecule has 0 bridgehead atoms. The van der Waals surface area contributed by atoms with Gasteiger partial charge in [0.15, 0.2) is 0 Å².